The second-order valence-corrected chi connectivity index (χ2v) is 11.4. The molecule has 1 aromatic carbocycles. The summed E-state index contributed by atoms with van der Waals surface area (Å²) in [7, 11) is 1.69. The summed E-state index contributed by atoms with van der Waals surface area (Å²) < 4.78 is 34.0. The molecule has 234 valence electrons. The van der Waals surface area contributed by atoms with Crippen molar-refractivity contribution in [3.8, 4) is 6.01 Å². The molecule has 0 bridgehead atoms. The summed E-state index contributed by atoms with van der Waals surface area (Å²) in [4.78, 5) is 29.7. The lowest BCUT2D eigenvalue weighted by atomic mass is 9.99. The van der Waals surface area contributed by atoms with Crippen LogP contribution in [0.15, 0.2) is 24.9 Å². The van der Waals surface area contributed by atoms with Crippen molar-refractivity contribution in [2.24, 2.45) is 0 Å². The van der Waals surface area contributed by atoms with Crippen LogP contribution >= 0.6 is 13.5 Å². The number of amides is 1. The van der Waals surface area contributed by atoms with Gasteiger partial charge in [-0.15, -0.1) is 0 Å². The fourth-order valence-corrected chi connectivity index (χ4v) is 6.31. The number of fused-ring (bicyclic) bond motifs is 2. The Morgan fingerprint density at radius 3 is 2.60 bits per heavy atom. The van der Waals surface area contributed by atoms with Gasteiger partial charge in [-0.2, -0.15) is 28.6 Å². The Morgan fingerprint density at radius 1 is 1.19 bits per heavy atom. The number of hydrogen-bond donors (Lipinski definition) is 1. The highest BCUT2D eigenvalue weighted by Crippen LogP contribution is 2.37. The zero-order chi connectivity index (χ0) is 28.9. The van der Waals surface area contributed by atoms with Crippen LogP contribution in [0.25, 0.3) is 10.9 Å². The van der Waals surface area contributed by atoms with E-state index >= 15 is 0 Å². The molecule has 3 aromatic rings. The molecule has 0 radical (unpaired) electrons. The Hall–Kier alpha value is -3.45. The summed E-state index contributed by atoms with van der Waals surface area (Å²) in [5, 5.41) is 8.44. The Balaban J connectivity index is 0.00000212. The van der Waals surface area contributed by atoms with Crippen LogP contribution in [0.5, 0.6) is 6.01 Å². The van der Waals surface area contributed by atoms with Gasteiger partial charge >= 0.3 is 6.01 Å². The van der Waals surface area contributed by atoms with Crippen molar-refractivity contribution >= 4 is 41.8 Å². The van der Waals surface area contributed by atoms with Gasteiger partial charge in [-0.3, -0.25) is 14.8 Å². The lowest BCUT2D eigenvalue weighted by molar-refractivity contribution is -0.126. The maximum absolute atomic E-state index is 14.0. The molecule has 2 fully saturated rings. The number of nitrogens with zero attached hydrogens (tertiary/aromatic N) is 7. The number of carbonyl (C=O) groups excluding carboxylic acids is 1. The SMILES string of the molecule is C.C=CC(=O)N1CCN(c2nc(OC[C@@H]3CC(F)(F)CN3C)nc3c2CCN(c2c(C)c(C)cc4[nH]ncc24)C3)CC1.S. The van der Waals surface area contributed by atoms with E-state index in [-0.39, 0.29) is 52.4 Å². The number of aryl methyl sites for hydroxylation is 1. The highest BCUT2D eigenvalue weighted by atomic mass is 32.1. The van der Waals surface area contributed by atoms with Crippen LogP contribution < -0.4 is 14.5 Å². The van der Waals surface area contributed by atoms with Crippen molar-refractivity contribution in [2.75, 3.05) is 62.7 Å². The molecular weight excluding hydrogens is 574 g/mol. The van der Waals surface area contributed by atoms with E-state index in [1.54, 1.807) is 16.8 Å². The van der Waals surface area contributed by atoms with Crippen LogP contribution in [0.3, 0.4) is 0 Å². The van der Waals surface area contributed by atoms with Gasteiger partial charge in [-0.1, -0.05) is 14.0 Å². The number of alkyl halides is 2. The molecule has 3 aliphatic heterocycles. The predicted octanol–water partition coefficient (Wildman–Crippen LogP) is 3.83. The van der Waals surface area contributed by atoms with E-state index in [0.717, 1.165) is 46.6 Å². The van der Waals surface area contributed by atoms with Crippen molar-refractivity contribution in [1.29, 1.82) is 0 Å². The Morgan fingerprint density at radius 2 is 1.93 bits per heavy atom. The van der Waals surface area contributed by atoms with Gasteiger partial charge in [-0.25, -0.2) is 8.78 Å². The van der Waals surface area contributed by atoms with E-state index in [0.29, 0.717) is 32.7 Å². The molecule has 3 aliphatic rings. The number of likely N-dealkylation sites (tertiary alicyclic amines) is 1. The number of halogens is 2. The van der Waals surface area contributed by atoms with Gasteiger partial charge in [-0.05, 0) is 50.6 Å². The van der Waals surface area contributed by atoms with E-state index < -0.39 is 12.0 Å². The third kappa shape index (κ3) is 6.28. The van der Waals surface area contributed by atoms with Crippen molar-refractivity contribution in [3.05, 3.63) is 47.3 Å². The van der Waals surface area contributed by atoms with Crippen molar-refractivity contribution < 1.29 is 18.3 Å². The van der Waals surface area contributed by atoms with E-state index in [4.69, 9.17) is 14.7 Å². The molecule has 1 N–H and O–H groups in total. The first-order valence-electron chi connectivity index (χ1n) is 14.1. The molecule has 0 aliphatic carbocycles. The average Bonchev–Trinajstić information content (AvgIpc) is 3.52. The first-order chi connectivity index (χ1) is 19.6. The topological polar surface area (TPSA) is 93.7 Å². The monoisotopic (exact) mass is 616 g/mol. The summed E-state index contributed by atoms with van der Waals surface area (Å²) in [5.41, 5.74) is 6.43. The molecule has 0 spiro atoms. The quantitative estimate of drug-likeness (QED) is 0.418. The van der Waals surface area contributed by atoms with Crippen molar-refractivity contribution in [1.82, 2.24) is 30.0 Å². The molecule has 10 nitrogen and oxygen atoms in total. The molecule has 6 rings (SSSR count). The summed E-state index contributed by atoms with van der Waals surface area (Å²) >= 11 is 0. The minimum atomic E-state index is -2.72. The minimum absolute atomic E-state index is 0. The maximum atomic E-state index is 14.0. The summed E-state index contributed by atoms with van der Waals surface area (Å²) in [6, 6.07) is 1.90. The van der Waals surface area contributed by atoms with Crippen molar-refractivity contribution in [3.63, 3.8) is 0 Å². The molecular formula is C30H42F2N8O2S. The van der Waals surface area contributed by atoms with Crippen LogP contribution in [-0.2, 0) is 17.8 Å². The number of H-pyrrole nitrogens is 1. The van der Waals surface area contributed by atoms with E-state index in [1.807, 2.05) is 6.20 Å². The summed E-state index contributed by atoms with van der Waals surface area (Å²) in [5.74, 6) is -2.00. The van der Waals surface area contributed by atoms with Gasteiger partial charge in [0.2, 0.25) is 5.91 Å². The van der Waals surface area contributed by atoms with E-state index in [1.165, 1.54) is 17.2 Å². The van der Waals surface area contributed by atoms with Gasteiger partial charge < -0.3 is 19.4 Å². The van der Waals surface area contributed by atoms with Crippen LogP contribution in [0, 0.1) is 13.8 Å². The van der Waals surface area contributed by atoms with Gasteiger partial charge in [0.15, 0.2) is 0 Å². The smallest absolute Gasteiger partial charge is 0.318 e. The Bertz CT molecular complexity index is 1490. The highest BCUT2D eigenvalue weighted by Gasteiger charge is 2.43. The highest BCUT2D eigenvalue weighted by molar-refractivity contribution is 7.59. The molecule has 0 unspecified atom stereocenters. The number of carbonyl (C=O) groups is 1. The van der Waals surface area contributed by atoms with Gasteiger partial charge in [0, 0.05) is 56.1 Å². The van der Waals surface area contributed by atoms with Gasteiger partial charge in [0.25, 0.3) is 5.92 Å². The fourth-order valence-electron chi connectivity index (χ4n) is 6.31. The first-order valence-corrected chi connectivity index (χ1v) is 14.1. The number of benzene rings is 1. The third-order valence-electron chi connectivity index (χ3n) is 8.68. The second-order valence-electron chi connectivity index (χ2n) is 11.4. The maximum Gasteiger partial charge on any atom is 0.318 e. The lowest BCUT2D eigenvalue weighted by Crippen LogP contribution is -2.49. The molecule has 2 aromatic heterocycles. The Kier molecular flexibility index (Phi) is 9.55. The normalized spacial score (nSPS) is 19.9. The number of rotatable bonds is 6. The van der Waals surface area contributed by atoms with Crippen molar-refractivity contribution in [2.45, 2.75) is 52.6 Å². The number of likely N-dealkylation sites (N-methyl/N-ethyl adjacent to an activating group) is 1. The first kappa shape index (κ1) is 32.5. The number of piperazine rings is 1. The molecule has 1 atom stereocenters. The lowest BCUT2D eigenvalue weighted by Gasteiger charge is -2.38. The van der Waals surface area contributed by atoms with E-state index in [2.05, 4.69) is 46.5 Å². The zero-order valence-electron chi connectivity index (χ0n) is 24.3. The molecule has 1 amide bonds. The number of hydrogen-bond acceptors (Lipinski definition) is 8. The average molecular weight is 617 g/mol. The molecule has 2 saturated heterocycles. The number of aromatic nitrogens is 4. The largest absolute Gasteiger partial charge is 0.462 e. The second kappa shape index (κ2) is 12.7. The van der Waals surface area contributed by atoms with E-state index in [9.17, 15) is 13.6 Å². The summed E-state index contributed by atoms with van der Waals surface area (Å²) in [6.45, 7) is 11.4. The van der Waals surface area contributed by atoms with Gasteiger partial charge in [0.1, 0.15) is 12.4 Å². The predicted molar refractivity (Wildman–Crippen MR) is 170 cm³/mol. The number of nitrogens with one attached hydrogen (secondary N) is 1. The van der Waals surface area contributed by atoms with Crippen LogP contribution in [0.1, 0.15) is 36.2 Å². The standard InChI is InChI=1S/C29H36F2N8O2.CH4.H2S/c1-5-25(40)37-8-10-38(11-9-37)27-21-6-7-39(26-19(3)18(2)12-23-22(26)14-32-35-23)15-24(21)33-28(34-27)41-16-20-13-29(30,31)17-36(20)4;;/h5,12,14,20H,1,6-11,13,15-17H2,2-4H3,(H,32,35);1H4;1H2/t20-;;/m0../s1. The molecule has 0 saturated carbocycles. The fraction of sp³-hybridized carbons (Fsp3) is 0.533. The number of anilines is 2. The Labute approximate surface area is 258 Å². The molecule has 13 heteroatoms. The summed E-state index contributed by atoms with van der Waals surface area (Å²) in [6.07, 6.45) is 3.70. The van der Waals surface area contributed by atoms with Crippen LogP contribution in [0.2, 0.25) is 0 Å². The third-order valence-corrected chi connectivity index (χ3v) is 8.68. The van der Waals surface area contributed by atoms with Gasteiger partial charge in [0.05, 0.1) is 36.2 Å². The van der Waals surface area contributed by atoms with Crippen LogP contribution in [-0.4, -0.2) is 101 Å². The molecule has 43 heavy (non-hydrogen) atoms. The minimum Gasteiger partial charge on any atom is -0.462 e. The number of aromatic amines is 1. The number of ether oxygens (including phenoxy) is 1. The zero-order valence-corrected chi connectivity index (χ0v) is 25.3. The van der Waals surface area contributed by atoms with Crippen LogP contribution in [0.4, 0.5) is 20.3 Å². The molecule has 5 heterocycles.